The normalized spacial score (nSPS) is 14.5. The summed E-state index contributed by atoms with van der Waals surface area (Å²) in [4.78, 5) is 11.9. The van der Waals surface area contributed by atoms with Crippen LogP contribution in [-0.2, 0) is 12.7 Å². The minimum atomic E-state index is -4.59. The van der Waals surface area contributed by atoms with E-state index in [4.69, 9.17) is 11.6 Å². The molecule has 4 nitrogen and oxygen atoms in total. The van der Waals surface area contributed by atoms with Crippen LogP contribution in [0.4, 0.5) is 17.6 Å². The Morgan fingerprint density at radius 1 is 1.27 bits per heavy atom. The van der Waals surface area contributed by atoms with Crippen LogP contribution in [-0.4, -0.2) is 22.2 Å². The van der Waals surface area contributed by atoms with Gasteiger partial charge in [0.25, 0.3) is 5.91 Å². The summed E-state index contributed by atoms with van der Waals surface area (Å²) < 4.78 is 53.1. The first-order valence-corrected chi connectivity index (χ1v) is 8.52. The lowest BCUT2D eigenvalue weighted by Gasteiger charge is -2.08. The second-order valence-corrected chi connectivity index (χ2v) is 6.54. The number of benzene rings is 1. The van der Waals surface area contributed by atoms with Crippen LogP contribution < -0.4 is 5.32 Å². The summed E-state index contributed by atoms with van der Waals surface area (Å²) in [6.45, 7) is 0.463. The van der Waals surface area contributed by atoms with E-state index in [0.717, 1.165) is 12.8 Å². The van der Waals surface area contributed by atoms with E-state index in [1.807, 2.05) is 0 Å². The number of rotatable bonds is 6. The van der Waals surface area contributed by atoms with Crippen LogP contribution in [0, 0.1) is 5.82 Å². The summed E-state index contributed by atoms with van der Waals surface area (Å²) in [5.74, 6) is -0.799. The lowest BCUT2D eigenvalue weighted by molar-refractivity contribution is -0.141. The fourth-order valence-electron chi connectivity index (χ4n) is 2.69. The van der Waals surface area contributed by atoms with Gasteiger partial charge in [-0.15, -0.1) is 0 Å². The first kappa shape index (κ1) is 18.7. The van der Waals surface area contributed by atoms with Gasteiger partial charge in [-0.25, -0.2) is 4.39 Å². The Kier molecular flexibility index (Phi) is 5.22. The van der Waals surface area contributed by atoms with E-state index in [9.17, 15) is 22.4 Å². The van der Waals surface area contributed by atoms with E-state index in [-0.39, 0.29) is 29.9 Å². The van der Waals surface area contributed by atoms with E-state index in [1.165, 1.54) is 28.9 Å². The summed E-state index contributed by atoms with van der Waals surface area (Å²) >= 11 is 5.90. The van der Waals surface area contributed by atoms with Crippen LogP contribution >= 0.6 is 11.6 Å². The van der Waals surface area contributed by atoms with E-state index < -0.39 is 17.7 Å². The molecule has 1 saturated carbocycles. The third-order valence-corrected chi connectivity index (χ3v) is 4.48. The lowest BCUT2D eigenvalue weighted by Crippen LogP contribution is -2.25. The molecule has 1 N–H and O–H groups in total. The minimum absolute atomic E-state index is 0.0138. The Morgan fingerprint density at radius 3 is 2.50 bits per heavy atom. The average Bonchev–Trinajstić information content (AvgIpc) is 3.34. The molecule has 1 aliphatic rings. The SMILES string of the molecule is O=C(NCCCn1nc(C(F)(F)F)c(Cl)c1C1CC1)c1ccc(F)cc1. The van der Waals surface area contributed by atoms with Crippen LogP contribution in [0.3, 0.4) is 0 Å². The number of alkyl halides is 3. The zero-order chi connectivity index (χ0) is 18.9. The van der Waals surface area contributed by atoms with Gasteiger partial charge in [0.15, 0.2) is 5.69 Å². The number of halogens is 5. The highest BCUT2D eigenvalue weighted by Crippen LogP contribution is 2.46. The number of hydrogen-bond acceptors (Lipinski definition) is 2. The molecule has 1 amide bonds. The van der Waals surface area contributed by atoms with Gasteiger partial charge in [-0.1, -0.05) is 11.6 Å². The molecule has 140 valence electrons. The van der Waals surface area contributed by atoms with Gasteiger partial charge in [0.1, 0.15) is 5.82 Å². The molecule has 0 aliphatic heterocycles. The molecule has 1 heterocycles. The average molecular weight is 390 g/mol. The fourth-order valence-corrected chi connectivity index (χ4v) is 3.08. The quantitative estimate of drug-likeness (QED) is 0.588. The number of nitrogens with zero attached hydrogens (tertiary/aromatic N) is 2. The Morgan fingerprint density at radius 2 is 1.92 bits per heavy atom. The molecule has 1 aliphatic carbocycles. The lowest BCUT2D eigenvalue weighted by atomic mass is 10.2. The summed E-state index contributed by atoms with van der Waals surface area (Å²) in [7, 11) is 0. The second-order valence-electron chi connectivity index (χ2n) is 6.16. The molecule has 1 aromatic heterocycles. The first-order chi connectivity index (χ1) is 12.3. The molecule has 2 aromatic rings. The molecule has 0 spiro atoms. The Balaban J connectivity index is 1.59. The molecule has 1 aromatic carbocycles. The van der Waals surface area contributed by atoms with Crippen molar-refractivity contribution >= 4 is 17.5 Å². The molecule has 0 unspecified atom stereocenters. The highest BCUT2D eigenvalue weighted by molar-refractivity contribution is 6.32. The van der Waals surface area contributed by atoms with Crippen LogP contribution in [0.15, 0.2) is 24.3 Å². The highest BCUT2D eigenvalue weighted by Gasteiger charge is 2.41. The van der Waals surface area contributed by atoms with Gasteiger partial charge in [-0.3, -0.25) is 9.48 Å². The van der Waals surface area contributed by atoms with E-state index in [0.29, 0.717) is 17.7 Å². The van der Waals surface area contributed by atoms with Crippen molar-refractivity contribution in [2.45, 2.75) is 37.9 Å². The maximum Gasteiger partial charge on any atom is 0.436 e. The summed E-state index contributed by atoms with van der Waals surface area (Å²) in [5, 5.41) is 5.96. The zero-order valence-corrected chi connectivity index (χ0v) is 14.4. The maximum atomic E-state index is 13.0. The second kappa shape index (κ2) is 7.26. The van der Waals surface area contributed by atoms with Gasteiger partial charge in [0.05, 0.1) is 10.7 Å². The molecule has 26 heavy (non-hydrogen) atoms. The van der Waals surface area contributed by atoms with Gasteiger partial charge in [-0.2, -0.15) is 18.3 Å². The third kappa shape index (κ3) is 4.17. The Hall–Kier alpha value is -2.09. The summed E-state index contributed by atoms with van der Waals surface area (Å²) in [5.41, 5.74) is -0.327. The molecular formula is C17H16ClF4N3O. The fraction of sp³-hybridized carbons (Fsp3) is 0.412. The number of aromatic nitrogens is 2. The smallest absolute Gasteiger partial charge is 0.352 e. The molecule has 3 rings (SSSR count). The number of nitrogens with one attached hydrogen (secondary N) is 1. The number of carbonyl (C=O) groups excluding carboxylic acids is 1. The molecule has 0 saturated heterocycles. The van der Waals surface area contributed by atoms with Crippen LogP contribution in [0.1, 0.15) is 46.9 Å². The van der Waals surface area contributed by atoms with Crippen molar-refractivity contribution in [3.8, 4) is 0 Å². The van der Waals surface area contributed by atoms with Gasteiger partial charge >= 0.3 is 6.18 Å². The molecular weight excluding hydrogens is 374 g/mol. The van der Waals surface area contributed by atoms with Crippen molar-refractivity contribution in [1.29, 1.82) is 0 Å². The minimum Gasteiger partial charge on any atom is -0.352 e. The predicted molar refractivity (Wildman–Crippen MR) is 87.6 cm³/mol. The van der Waals surface area contributed by atoms with Crippen molar-refractivity contribution < 1.29 is 22.4 Å². The number of carbonyl (C=O) groups is 1. The number of hydrogen-bond donors (Lipinski definition) is 1. The monoisotopic (exact) mass is 389 g/mol. The van der Waals surface area contributed by atoms with Gasteiger partial charge in [0, 0.05) is 24.6 Å². The Bertz CT molecular complexity index is 798. The highest BCUT2D eigenvalue weighted by atomic mass is 35.5. The first-order valence-electron chi connectivity index (χ1n) is 8.14. The molecule has 0 radical (unpaired) electrons. The van der Waals surface area contributed by atoms with Crippen molar-refractivity contribution in [3.63, 3.8) is 0 Å². The topological polar surface area (TPSA) is 46.9 Å². The number of amides is 1. The number of aryl methyl sites for hydroxylation is 1. The van der Waals surface area contributed by atoms with E-state index >= 15 is 0 Å². The summed E-state index contributed by atoms with van der Waals surface area (Å²) in [6.07, 6.45) is -2.61. The van der Waals surface area contributed by atoms with E-state index in [2.05, 4.69) is 10.4 Å². The molecule has 0 bridgehead atoms. The van der Waals surface area contributed by atoms with Crippen molar-refractivity contribution in [2.75, 3.05) is 6.54 Å². The predicted octanol–water partition coefficient (Wildman–Crippen LogP) is 4.39. The molecule has 1 fully saturated rings. The van der Waals surface area contributed by atoms with Crippen LogP contribution in [0.5, 0.6) is 0 Å². The third-order valence-electron chi connectivity index (χ3n) is 4.10. The van der Waals surface area contributed by atoms with Crippen LogP contribution in [0.25, 0.3) is 0 Å². The van der Waals surface area contributed by atoms with Gasteiger partial charge in [-0.05, 0) is 43.5 Å². The van der Waals surface area contributed by atoms with E-state index in [1.54, 1.807) is 0 Å². The van der Waals surface area contributed by atoms with Crippen molar-refractivity contribution in [1.82, 2.24) is 15.1 Å². The molecule has 0 atom stereocenters. The van der Waals surface area contributed by atoms with Crippen LogP contribution in [0.2, 0.25) is 5.02 Å². The summed E-state index contributed by atoms with van der Waals surface area (Å²) in [6, 6.07) is 5.08. The standard InChI is InChI=1S/C17H16ClF4N3O/c18-13-14(10-2-3-10)25(24-15(13)17(20,21)22)9-1-8-23-16(26)11-4-6-12(19)7-5-11/h4-7,10H,1-3,8-9H2,(H,23,26). The Labute approximate surface area is 152 Å². The zero-order valence-electron chi connectivity index (χ0n) is 13.6. The largest absolute Gasteiger partial charge is 0.436 e. The van der Waals surface area contributed by atoms with Gasteiger partial charge < -0.3 is 5.32 Å². The van der Waals surface area contributed by atoms with Gasteiger partial charge in [0.2, 0.25) is 0 Å². The van der Waals surface area contributed by atoms with Crippen molar-refractivity contribution in [3.05, 3.63) is 52.1 Å². The molecule has 9 heteroatoms. The maximum absolute atomic E-state index is 13.0. The van der Waals surface area contributed by atoms with Crippen molar-refractivity contribution in [2.24, 2.45) is 0 Å².